The van der Waals surface area contributed by atoms with Crippen LogP contribution in [0.1, 0.15) is 17.5 Å². The minimum Gasteiger partial charge on any atom is -0.468 e. The summed E-state index contributed by atoms with van der Waals surface area (Å²) in [5, 5.41) is 20.0. The molecule has 0 fully saturated rings. The highest BCUT2D eigenvalue weighted by molar-refractivity contribution is 5.58. The van der Waals surface area contributed by atoms with Gasteiger partial charge in [-0.05, 0) is 18.2 Å². The van der Waals surface area contributed by atoms with Crippen LogP contribution in [0.2, 0.25) is 0 Å². The molecule has 108 valence electrons. The summed E-state index contributed by atoms with van der Waals surface area (Å²) in [4.78, 5) is 0. The third-order valence-corrected chi connectivity index (χ3v) is 3.31. The summed E-state index contributed by atoms with van der Waals surface area (Å²) < 4.78 is 5.30. The van der Waals surface area contributed by atoms with E-state index < -0.39 is 0 Å². The first-order valence-electron chi connectivity index (χ1n) is 6.84. The largest absolute Gasteiger partial charge is 0.468 e. The third-order valence-electron chi connectivity index (χ3n) is 3.31. The van der Waals surface area contributed by atoms with Crippen LogP contribution in [0.3, 0.4) is 0 Å². The molecule has 5 nitrogen and oxygen atoms in total. The number of hydrogen-bond acceptors (Lipinski definition) is 4. The normalized spacial score (nSPS) is 12.4. The van der Waals surface area contributed by atoms with Crippen molar-refractivity contribution in [3.05, 3.63) is 66.2 Å². The van der Waals surface area contributed by atoms with Crippen LogP contribution in [-0.4, -0.2) is 21.9 Å². The van der Waals surface area contributed by atoms with Gasteiger partial charge in [-0.15, -0.1) is 0 Å². The Balaban J connectivity index is 1.65. The average Bonchev–Trinajstić information content (AvgIpc) is 3.20. The molecule has 0 saturated heterocycles. The van der Waals surface area contributed by atoms with Crippen molar-refractivity contribution in [1.82, 2.24) is 15.5 Å². The van der Waals surface area contributed by atoms with Crippen LogP contribution in [0.25, 0.3) is 11.3 Å². The molecule has 1 unspecified atom stereocenters. The minimum atomic E-state index is -0.219. The molecule has 0 spiro atoms. The van der Waals surface area contributed by atoms with Crippen molar-refractivity contribution in [2.24, 2.45) is 0 Å². The van der Waals surface area contributed by atoms with Crippen LogP contribution in [-0.2, 0) is 6.54 Å². The fourth-order valence-electron chi connectivity index (χ4n) is 2.19. The summed E-state index contributed by atoms with van der Waals surface area (Å²) in [5.74, 6) is 0.722. The Hall–Kier alpha value is -2.37. The van der Waals surface area contributed by atoms with Crippen LogP contribution < -0.4 is 5.32 Å². The molecular weight excluding hydrogens is 266 g/mol. The monoisotopic (exact) mass is 283 g/mol. The summed E-state index contributed by atoms with van der Waals surface area (Å²) in [6.45, 7) is 0.555. The van der Waals surface area contributed by atoms with Gasteiger partial charge in [0.15, 0.2) is 0 Å². The van der Waals surface area contributed by atoms with E-state index in [1.165, 1.54) is 0 Å². The number of aromatic nitrogens is 2. The lowest BCUT2D eigenvalue weighted by Gasteiger charge is -2.12. The number of aliphatic hydroxyl groups is 1. The lowest BCUT2D eigenvalue weighted by Crippen LogP contribution is -2.23. The third kappa shape index (κ3) is 3.21. The van der Waals surface area contributed by atoms with Gasteiger partial charge in [-0.2, -0.15) is 5.10 Å². The SMILES string of the molecule is OCC(NCc1cc(-c2ccccc2)n[nH]1)c1ccco1. The molecule has 1 atom stereocenters. The summed E-state index contributed by atoms with van der Waals surface area (Å²) in [6.07, 6.45) is 1.60. The zero-order valence-corrected chi connectivity index (χ0v) is 11.5. The van der Waals surface area contributed by atoms with Gasteiger partial charge in [-0.3, -0.25) is 10.4 Å². The molecule has 0 aliphatic rings. The standard InChI is InChI=1S/C16H17N3O2/c20-11-15(16-7-4-8-21-16)17-10-13-9-14(19-18-13)12-5-2-1-3-6-12/h1-9,15,17,20H,10-11H2,(H,18,19). The lowest BCUT2D eigenvalue weighted by molar-refractivity contribution is 0.225. The van der Waals surface area contributed by atoms with Crippen LogP contribution in [0.5, 0.6) is 0 Å². The molecule has 3 aromatic rings. The molecule has 0 radical (unpaired) electrons. The van der Waals surface area contributed by atoms with Gasteiger partial charge in [0.05, 0.1) is 24.6 Å². The molecule has 0 amide bonds. The van der Waals surface area contributed by atoms with Crippen LogP contribution in [0, 0.1) is 0 Å². The van der Waals surface area contributed by atoms with Crippen molar-refractivity contribution >= 4 is 0 Å². The Morgan fingerprint density at radius 1 is 1.19 bits per heavy atom. The van der Waals surface area contributed by atoms with E-state index in [-0.39, 0.29) is 12.6 Å². The van der Waals surface area contributed by atoms with E-state index in [9.17, 15) is 5.11 Å². The second-order valence-corrected chi connectivity index (χ2v) is 4.78. The molecule has 3 N–H and O–H groups in total. The molecule has 0 bridgehead atoms. The molecule has 21 heavy (non-hydrogen) atoms. The number of nitrogens with zero attached hydrogens (tertiary/aromatic N) is 1. The van der Waals surface area contributed by atoms with Crippen LogP contribution in [0.15, 0.2) is 59.2 Å². The van der Waals surface area contributed by atoms with E-state index in [1.807, 2.05) is 48.5 Å². The highest BCUT2D eigenvalue weighted by Crippen LogP contribution is 2.18. The van der Waals surface area contributed by atoms with Crippen molar-refractivity contribution in [3.63, 3.8) is 0 Å². The van der Waals surface area contributed by atoms with Gasteiger partial charge in [-0.1, -0.05) is 30.3 Å². The summed E-state index contributed by atoms with van der Waals surface area (Å²) >= 11 is 0. The molecule has 1 aromatic carbocycles. The van der Waals surface area contributed by atoms with E-state index >= 15 is 0 Å². The number of nitrogens with one attached hydrogen (secondary N) is 2. The second kappa shape index (κ2) is 6.39. The number of rotatable bonds is 6. The second-order valence-electron chi connectivity index (χ2n) is 4.78. The predicted molar refractivity (Wildman–Crippen MR) is 79.4 cm³/mol. The maximum Gasteiger partial charge on any atom is 0.123 e. The van der Waals surface area contributed by atoms with Gasteiger partial charge < -0.3 is 9.52 Å². The Kier molecular flexibility index (Phi) is 4.14. The zero-order chi connectivity index (χ0) is 14.5. The quantitative estimate of drug-likeness (QED) is 0.650. The Bertz CT molecular complexity index is 662. The Labute approximate surface area is 122 Å². The molecule has 0 aliphatic heterocycles. The maximum atomic E-state index is 9.41. The molecule has 0 saturated carbocycles. The summed E-state index contributed by atoms with van der Waals surface area (Å²) in [5.41, 5.74) is 2.94. The molecule has 3 rings (SSSR count). The van der Waals surface area contributed by atoms with Crippen molar-refractivity contribution in [2.45, 2.75) is 12.6 Å². The summed E-state index contributed by atoms with van der Waals surface area (Å²) in [7, 11) is 0. The van der Waals surface area contributed by atoms with E-state index in [4.69, 9.17) is 4.42 Å². The van der Waals surface area contributed by atoms with E-state index in [1.54, 1.807) is 6.26 Å². The number of benzene rings is 1. The van der Waals surface area contributed by atoms with Crippen molar-refractivity contribution < 1.29 is 9.52 Å². The number of aromatic amines is 1. The first-order valence-corrected chi connectivity index (χ1v) is 6.84. The Morgan fingerprint density at radius 3 is 2.76 bits per heavy atom. The lowest BCUT2D eigenvalue weighted by atomic mass is 10.1. The van der Waals surface area contributed by atoms with Crippen molar-refractivity contribution in [3.8, 4) is 11.3 Å². The van der Waals surface area contributed by atoms with Gasteiger partial charge in [0.25, 0.3) is 0 Å². The highest BCUT2D eigenvalue weighted by Gasteiger charge is 2.13. The smallest absolute Gasteiger partial charge is 0.123 e. The molecule has 2 aromatic heterocycles. The first-order chi connectivity index (χ1) is 10.4. The van der Waals surface area contributed by atoms with Gasteiger partial charge in [0.1, 0.15) is 5.76 Å². The van der Waals surface area contributed by atoms with Crippen molar-refractivity contribution in [1.29, 1.82) is 0 Å². The topological polar surface area (TPSA) is 74.1 Å². The number of H-pyrrole nitrogens is 1. The molecule has 2 heterocycles. The van der Waals surface area contributed by atoms with E-state index in [2.05, 4.69) is 15.5 Å². The van der Waals surface area contributed by atoms with Gasteiger partial charge in [0.2, 0.25) is 0 Å². The minimum absolute atomic E-state index is 0.0206. The first kappa shape index (κ1) is 13.6. The van der Waals surface area contributed by atoms with Gasteiger partial charge in [-0.25, -0.2) is 0 Å². The maximum absolute atomic E-state index is 9.41. The Morgan fingerprint density at radius 2 is 2.05 bits per heavy atom. The van der Waals surface area contributed by atoms with E-state index in [0.717, 1.165) is 22.7 Å². The molecular formula is C16H17N3O2. The fraction of sp³-hybridized carbons (Fsp3) is 0.188. The molecule has 0 aliphatic carbocycles. The molecule has 5 heteroatoms. The number of aliphatic hydroxyl groups excluding tert-OH is 1. The van der Waals surface area contributed by atoms with Crippen molar-refractivity contribution in [2.75, 3.05) is 6.61 Å². The number of hydrogen-bond donors (Lipinski definition) is 3. The van der Waals surface area contributed by atoms with Gasteiger partial charge in [0, 0.05) is 17.8 Å². The predicted octanol–water partition coefficient (Wildman–Crippen LogP) is 2.49. The average molecular weight is 283 g/mol. The van der Waals surface area contributed by atoms with Crippen LogP contribution in [0.4, 0.5) is 0 Å². The fourth-order valence-corrected chi connectivity index (χ4v) is 2.19. The van der Waals surface area contributed by atoms with Crippen LogP contribution >= 0.6 is 0 Å². The van der Waals surface area contributed by atoms with Gasteiger partial charge >= 0.3 is 0 Å². The number of furan rings is 1. The zero-order valence-electron chi connectivity index (χ0n) is 11.5. The highest BCUT2D eigenvalue weighted by atomic mass is 16.3. The van der Waals surface area contributed by atoms with E-state index in [0.29, 0.717) is 6.54 Å². The summed E-state index contributed by atoms with van der Waals surface area (Å²) in [6, 6.07) is 15.4.